The zero-order valence-corrected chi connectivity index (χ0v) is 17.8. The molecule has 2 heterocycles. The van der Waals surface area contributed by atoms with Crippen LogP contribution >= 0.6 is 0 Å². The number of aromatic nitrogens is 4. The number of nitrogens with zero attached hydrogens (tertiary/aromatic N) is 6. The lowest BCUT2D eigenvalue weighted by molar-refractivity contribution is -0.144. The van der Waals surface area contributed by atoms with E-state index in [2.05, 4.69) is 45.6 Å². The maximum atomic E-state index is 12.4. The van der Waals surface area contributed by atoms with Crippen molar-refractivity contribution in [1.82, 2.24) is 25.3 Å². The van der Waals surface area contributed by atoms with Gasteiger partial charge in [0.2, 0.25) is 5.95 Å². The first-order valence-corrected chi connectivity index (χ1v) is 9.90. The van der Waals surface area contributed by atoms with Crippen LogP contribution in [0.4, 0.5) is 11.6 Å². The first-order chi connectivity index (χ1) is 16.8. The number of rotatable bonds is 10. The Balaban J connectivity index is 1.58. The highest BCUT2D eigenvalue weighted by Gasteiger charge is 2.22. The number of aliphatic carboxylic acids is 1. The minimum absolute atomic E-state index is 0.0459. The number of nitrogen functional groups attached to an aromatic ring is 1. The topological polar surface area (TPSA) is 251 Å². The number of anilines is 2. The number of carbonyl (C=O) groups excluding carboxylic acids is 2. The SMILES string of the molecule is [N-]=[N+]=NOC(=O)CC[C@H](NC(=O)c1ccc(NCc2cnc3nc(N)[nH]c(=O)c3n2)cc1)C(=O)O. The first kappa shape index (κ1) is 24.4. The smallest absolute Gasteiger partial charge is 0.326 e. The predicted molar refractivity (Wildman–Crippen MR) is 119 cm³/mol. The Morgan fingerprint density at radius 3 is 2.69 bits per heavy atom. The van der Waals surface area contributed by atoms with Gasteiger partial charge in [-0.3, -0.25) is 19.4 Å². The quantitative estimate of drug-likeness (QED) is 0.116. The standard InChI is InChI=1S/C19H18N10O6/c20-19-26-15-14(17(32)27-19)24-11(8-23-15)7-22-10-3-1-9(2-4-10)16(31)25-12(18(33)34)5-6-13(30)35-29-28-21/h1-4,8,12,22H,5-7H2,(H,25,31)(H,33,34)(H3,20,23,26,27,32)/t12-/m0/s1. The summed E-state index contributed by atoms with van der Waals surface area (Å²) in [5, 5.41) is 17.3. The van der Waals surface area contributed by atoms with Crippen molar-refractivity contribution in [2.24, 2.45) is 5.28 Å². The molecule has 0 spiro atoms. The van der Waals surface area contributed by atoms with Crippen LogP contribution in [0.5, 0.6) is 0 Å². The van der Waals surface area contributed by atoms with Gasteiger partial charge >= 0.3 is 11.9 Å². The van der Waals surface area contributed by atoms with Crippen LogP contribution in [0, 0.1) is 0 Å². The number of benzene rings is 1. The van der Waals surface area contributed by atoms with Crippen molar-refractivity contribution in [3.8, 4) is 0 Å². The molecule has 180 valence electrons. The second-order valence-electron chi connectivity index (χ2n) is 6.95. The molecule has 16 nitrogen and oxygen atoms in total. The molecule has 2 aromatic heterocycles. The van der Waals surface area contributed by atoms with E-state index in [4.69, 9.17) is 11.3 Å². The highest BCUT2D eigenvalue weighted by molar-refractivity contribution is 5.97. The molecule has 6 N–H and O–H groups in total. The van der Waals surface area contributed by atoms with Crippen LogP contribution in [-0.2, 0) is 21.0 Å². The Kier molecular flexibility index (Phi) is 7.71. The Morgan fingerprint density at radius 1 is 1.26 bits per heavy atom. The third kappa shape index (κ3) is 6.62. The largest absolute Gasteiger partial charge is 0.480 e. The number of azide groups is 1. The highest BCUT2D eigenvalue weighted by atomic mass is 16.7. The predicted octanol–water partition coefficient (Wildman–Crippen LogP) is 0.639. The molecule has 0 aliphatic heterocycles. The molecule has 16 heteroatoms. The number of aromatic amines is 1. The molecule has 1 atom stereocenters. The molecule has 1 amide bonds. The number of nitrogens with one attached hydrogen (secondary N) is 3. The normalized spacial score (nSPS) is 11.2. The summed E-state index contributed by atoms with van der Waals surface area (Å²) in [7, 11) is 0. The van der Waals surface area contributed by atoms with Crippen molar-refractivity contribution >= 4 is 40.6 Å². The molecule has 0 saturated heterocycles. The number of amides is 1. The van der Waals surface area contributed by atoms with Gasteiger partial charge < -0.3 is 26.3 Å². The fourth-order valence-corrected chi connectivity index (χ4v) is 2.86. The van der Waals surface area contributed by atoms with E-state index in [1.54, 1.807) is 12.1 Å². The van der Waals surface area contributed by atoms with Gasteiger partial charge in [0, 0.05) is 22.6 Å². The van der Waals surface area contributed by atoms with Gasteiger partial charge in [0.25, 0.3) is 11.5 Å². The Morgan fingerprint density at radius 2 is 2.00 bits per heavy atom. The van der Waals surface area contributed by atoms with Crippen molar-refractivity contribution in [2.45, 2.75) is 25.4 Å². The lowest BCUT2D eigenvalue weighted by Gasteiger charge is -2.14. The van der Waals surface area contributed by atoms with Crippen LogP contribution in [0.15, 0.2) is 40.5 Å². The average Bonchev–Trinajstić information content (AvgIpc) is 2.84. The van der Waals surface area contributed by atoms with Gasteiger partial charge in [-0.2, -0.15) is 4.98 Å². The Bertz CT molecular complexity index is 1370. The van der Waals surface area contributed by atoms with Crippen molar-refractivity contribution < 1.29 is 24.3 Å². The minimum atomic E-state index is -1.36. The van der Waals surface area contributed by atoms with E-state index in [1.807, 2.05) is 0 Å². The molecule has 35 heavy (non-hydrogen) atoms. The molecule has 0 bridgehead atoms. The number of hydrogen-bond acceptors (Lipinski definition) is 11. The molecule has 0 saturated carbocycles. The summed E-state index contributed by atoms with van der Waals surface area (Å²) in [6.07, 6.45) is 0.794. The third-order valence-corrected chi connectivity index (χ3v) is 4.53. The molecule has 1 aromatic carbocycles. The summed E-state index contributed by atoms with van der Waals surface area (Å²) in [6, 6.07) is 4.75. The fourth-order valence-electron chi connectivity index (χ4n) is 2.86. The van der Waals surface area contributed by atoms with E-state index in [-0.39, 0.29) is 42.1 Å². The number of carbonyl (C=O) groups is 3. The van der Waals surface area contributed by atoms with Gasteiger partial charge in [-0.25, -0.2) is 14.8 Å². The number of fused-ring (bicyclic) bond motifs is 1. The maximum Gasteiger partial charge on any atom is 0.326 e. The fraction of sp³-hybridized carbons (Fsp3) is 0.211. The van der Waals surface area contributed by atoms with Gasteiger partial charge in [0.05, 0.1) is 18.4 Å². The van der Waals surface area contributed by atoms with E-state index in [0.717, 1.165) is 0 Å². The van der Waals surface area contributed by atoms with E-state index in [9.17, 15) is 24.3 Å². The van der Waals surface area contributed by atoms with Crippen LogP contribution in [0.2, 0.25) is 0 Å². The van der Waals surface area contributed by atoms with Crippen molar-refractivity contribution in [1.29, 1.82) is 0 Å². The van der Waals surface area contributed by atoms with Gasteiger partial charge in [0.1, 0.15) is 11.3 Å². The third-order valence-electron chi connectivity index (χ3n) is 4.53. The number of carboxylic acids is 1. The summed E-state index contributed by atoms with van der Waals surface area (Å²) in [5.74, 6) is -3.01. The number of nitrogens with two attached hydrogens (primary N) is 1. The maximum absolute atomic E-state index is 12.4. The van der Waals surface area contributed by atoms with Crippen LogP contribution in [0.3, 0.4) is 0 Å². The molecule has 0 aliphatic carbocycles. The molecule has 3 aromatic rings. The number of carboxylic acid groups (broad SMARTS) is 1. The van der Waals surface area contributed by atoms with E-state index in [1.165, 1.54) is 18.3 Å². The molecule has 3 rings (SSSR count). The lowest BCUT2D eigenvalue weighted by Crippen LogP contribution is -2.41. The Labute approximate surface area is 195 Å². The molecular weight excluding hydrogens is 464 g/mol. The van der Waals surface area contributed by atoms with E-state index < -0.39 is 29.4 Å². The van der Waals surface area contributed by atoms with Gasteiger partial charge in [-0.15, -0.1) is 0 Å². The van der Waals surface area contributed by atoms with Crippen LogP contribution in [0.25, 0.3) is 21.6 Å². The van der Waals surface area contributed by atoms with Crippen LogP contribution in [-0.4, -0.2) is 48.9 Å². The summed E-state index contributed by atoms with van der Waals surface area (Å²) < 4.78 is 0. The molecule has 0 unspecified atom stereocenters. The molecule has 0 aliphatic rings. The van der Waals surface area contributed by atoms with E-state index in [0.29, 0.717) is 11.4 Å². The van der Waals surface area contributed by atoms with E-state index >= 15 is 0 Å². The van der Waals surface area contributed by atoms with Crippen molar-refractivity contribution in [3.05, 3.63) is 62.5 Å². The minimum Gasteiger partial charge on any atom is -0.480 e. The molecule has 0 fully saturated rings. The number of hydrogen-bond donors (Lipinski definition) is 5. The summed E-state index contributed by atoms with van der Waals surface area (Å²) in [6.45, 7) is 0.214. The lowest BCUT2D eigenvalue weighted by atomic mass is 10.1. The zero-order valence-electron chi connectivity index (χ0n) is 17.8. The Hall–Kier alpha value is -5.24. The second kappa shape index (κ2) is 11.1. The summed E-state index contributed by atoms with van der Waals surface area (Å²) in [5.41, 5.74) is 14.5. The molecule has 0 radical (unpaired) electrons. The van der Waals surface area contributed by atoms with Gasteiger partial charge in [-0.1, -0.05) is 0 Å². The summed E-state index contributed by atoms with van der Waals surface area (Å²) in [4.78, 5) is 68.0. The van der Waals surface area contributed by atoms with Crippen molar-refractivity contribution in [3.63, 3.8) is 0 Å². The van der Waals surface area contributed by atoms with Gasteiger partial charge in [0.15, 0.2) is 11.2 Å². The zero-order chi connectivity index (χ0) is 25.4. The summed E-state index contributed by atoms with van der Waals surface area (Å²) >= 11 is 0. The second-order valence-corrected chi connectivity index (χ2v) is 6.95. The van der Waals surface area contributed by atoms with Gasteiger partial charge in [-0.05, 0) is 36.2 Å². The highest BCUT2D eigenvalue weighted by Crippen LogP contribution is 2.12. The van der Waals surface area contributed by atoms with Crippen LogP contribution in [0.1, 0.15) is 28.9 Å². The van der Waals surface area contributed by atoms with Crippen molar-refractivity contribution in [2.75, 3.05) is 11.1 Å². The number of H-pyrrole nitrogens is 1. The average molecular weight is 482 g/mol. The molecular formula is C19H18N10O6. The monoisotopic (exact) mass is 482 g/mol. The first-order valence-electron chi connectivity index (χ1n) is 9.90. The van der Waals surface area contributed by atoms with Crippen LogP contribution < -0.4 is 21.9 Å².